The molecule has 2 aliphatic heterocycles. The van der Waals surface area contributed by atoms with Crippen LogP contribution in [0.3, 0.4) is 0 Å². The van der Waals surface area contributed by atoms with E-state index in [-0.39, 0.29) is 6.29 Å². The maximum Gasteiger partial charge on any atom is 0.157 e. The normalized spacial score (nSPS) is 24.3. The second kappa shape index (κ2) is 6.90. The van der Waals surface area contributed by atoms with E-state index in [1.165, 1.54) is 6.42 Å². The Morgan fingerprint density at radius 3 is 2.71 bits per heavy atom. The Hall–Kier alpha value is -0.910. The number of halogens is 1. The van der Waals surface area contributed by atoms with Crippen molar-refractivity contribution in [3.8, 4) is 0 Å². The van der Waals surface area contributed by atoms with Gasteiger partial charge in [0.2, 0.25) is 0 Å². The summed E-state index contributed by atoms with van der Waals surface area (Å²) in [5, 5.41) is 0.506. The molecular formula is C15H22ClN3O2. The topological polar surface area (TPSA) is 47.5 Å². The third-order valence-electron chi connectivity index (χ3n) is 4.04. The van der Waals surface area contributed by atoms with Crippen LogP contribution in [0.2, 0.25) is 5.15 Å². The molecule has 2 aliphatic rings. The molecule has 0 spiro atoms. The summed E-state index contributed by atoms with van der Waals surface area (Å²) in [6, 6.07) is 1.83. The fraction of sp³-hybridized carbons (Fsp3) is 0.733. The summed E-state index contributed by atoms with van der Waals surface area (Å²) in [7, 11) is 0. The van der Waals surface area contributed by atoms with E-state index in [4.69, 9.17) is 21.1 Å². The van der Waals surface area contributed by atoms with Crippen molar-refractivity contribution in [3.63, 3.8) is 0 Å². The van der Waals surface area contributed by atoms with Gasteiger partial charge in [0.25, 0.3) is 0 Å². The Morgan fingerprint density at radius 2 is 2.05 bits per heavy atom. The number of hydrogen-bond acceptors (Lipinski definition) is 5. The van der Waals surface area contributed by atoms with Crippen LogP contribution in [-0.2, 0) is 9.47 Å². The van der Waals surface area contributed by atoms with Crippen molar-refractivity contribution in [1.82, 2.24) is 9.97 Å². The van der Waals surface area contributed by atoms with Crippen LogP contribution in [0.5, 0.6) is 0 Å². The SMILES string of the molecule is Cc1nc(Cl)cc(N2CCC(O[C@H]3CCCCO3)CC2)n1. The van der Waals surface area contributed by atoms with Gasteiger partial charge < -0.3 is 14.4 Å². The van der Waals surface area contributed by atoms with Crippen LogP contribution >= 0.6 is 11.6 Å². The molecule has 21 heavy (non-hydrogen) atoms. The van der Waals surface area contributed by atoms with Crippen molar-refractivity contribution in [2.45, 2.75) is 51.4 Å². The zero-order valence-electron chi connectivity index (χ0n) is 12.4. The first kappa shape index (κ1) is 15.0. The maximum absolute atomic E-state index is 6.06. The average molecular weight is 312 g/mol. The summed E-state index contributed by atoms with van der Waals surface area (Å²) < 4.78 is 11.7. The lowest BCUT2D eigenvalue weighted by Gasteiger charge is -2.35. The largest absolute Gasteiger partial charge is 0.356 e. The first-order chi connectivity index (χ1) is 10.2. The van der Waals surface area contributed by atoms with Crippen LogP contribution in [-0.4, -0.2) is 42.1 Å². The molecule has 0 amide bonds. The summed E-state index contributed by atoms with van der Waals surface area (Å²) in [4.78, 5) is 10.8. The second-order valence-corrected chi connectivity index (χ2v) is 6.10. The van der Waals surface area contributed by atoms with Gasteiger partial charge in [-0.15, -0.1) is 0 Å². The molecule has 5 nitrogen and oxygen atoms in total. The van der Waals surface area contributed by atoms with E-state index in [0.717, 1.165) is 51.2 Å². The Kier molecular flexibility index (Phi) is 4.93. The van der Waals surface area contributed by atoms with E-state index in [1.807, 2.05) is 13.0 Å². The molecule has 3 rings (SSSR count). The third kappa shape index (κ3) is 4.05. The van der Waals surface area contributed by atoms with E-state index < -0.39 is 0 Å². The first-order valence-electron chi connectivity index (χ1n) is 7.74. The molecule has 0 saturated carbocycles. The van der Waals surface area contributed by atoms with Crippen molar-refractivity contribution in [3.05, 3.63) is 17.0 Å². The van der Waals surface area contributed by atoms with Crippen molar-refractivity contribution in [2.24, 2.45) is 0 Å². The highest BCUT2D eigenvalue weighted by Gasteiger charge is 2.25. The van der Waals surface area contributed by atoms with Crippen LogP contribution in [0.25, 0.3) is 0 Å². The molecule has 3 heterocycles. The number of nitrogens with zero attached hydrogens (tertiary/aromatic N) is 3. The minimum Gasteiger partial charge on any atom is -0.356 e. The average Bonchev–Trinajstić information content (AvgIpc) is 2.48. The molecular weight excluding hydrogens is 290 g/mol. The summed E-state index contributed by atoms with van der Waals surface area (Å²) >= 11 is 6.01. The van der Waals surface area contributed by atoms with Gasteiger partial charge in [-0.05, 0) is 39.0 Å². The molecule has 2 fully saturated rings. The van der Waals surface area contributed by atoms with Gasteiger partial charge in [0.15, 0.2) is 6.29 Å². The lowest BCUT2D eigenvalue weighted by molar-refractivity contribution is -0.191. The number of aromatic nitrogens is 2. The highest BCUT2D eigenvalue weighted by atomic mass is 35.5. The van der Waals surface area contributed by atoms with Crippen molar-refractivity contribution in [1.29, 1.82) is 0 Å². The minimum atomic E-state index is 0.00559. The molecule has 0 unspecified atom stereocenters. The van der Waals surface area contributed by atoms with E-state index in [0.29, 0.717) is 17.1 Å². The Morgan fingerprint density at radius 1 is 1.24 bits per heavy atom. The van der Waals surface area contributed by atoms with Gasteiger partial charge in [0.05, 0.1) is 6.10 Å². The quantitative estimate of drug-likeness (QED) is 0.803. The molecule has 0 N–H and O–H groups in total. The van der Waals surface area contributed by atoms with Crippen LogP contribution in [0.1, 0.15) is 37.9 Å². The monoisotopic (exact) mass is 311 g/mol. The first-order valence-corrected chi connectivity index (χ1v) is 8.12. The lowest BCUT2D eigenvalue weighted by atomic mass is 10.1. The van der Waals surface area contributed by atoms with E-state index >= 15 is 0 Å². The van der Waals surface area contributed by atoms with Gasteiger partial charge in [-0.2, -0.15) is 0 Å². The molecule has 116 valence electrons. The van der Waals surface area contributed by atoms with Crippen molar-refractivity contribution >= 4 is 17.4 Å². The van der Waals surface area contributed by atoms with Crippen LogP contribution < -0.4 is 4.90 Å². The minimum absolute atomic E-state index is 0.00559. The van der Waals surface area contributed by atoms with Gasteiger partial charge >= 0.3 is 0 Å². The number of piperidine rings is 1. The van der Waals surface area contributed by atoms with E-state index in [2.05, 4.69) is 14.9 Å². The van der Waals surface area contributed by atoms with Crippen LogP contribution in [0.15, 0.2) is 6.07 Å². The molecule has 1 atom stereocenters. The molecule has 0 bridgehead atoms. The Balaban J connectivity index is 1.52. The van der Waals surface area contributed by atoms with Gasteiger partial charge in [0, 0.05) is 25.8 Å². The number of anilines is 1. The van der Waals surface area contributed by atoms with Crippen molar-refractivity contribution < 1.29 is 9.47 Å². The number of aryl methyl sites for hydroxylation is 1. The van der Waals surface area contributed by atoms with E-state index in [9.17, 15) is 0 Å². The predicted octanol–water partition coefficient (Wildman–Crippen LogP) is 2.95. The maximum atomic E-state index is 6.06. The number of ether oxygens (including phenoxy) is 2. The second-order valence-electron chi connectivity index (χ2n) is 5.71. The highest BCUT2D eigenvalue weighted by molar-refractivity contribution is 6.29. The van der Waals surface area contributed by atoms with Crippen LogP contribution in [0, 0.1) is 6.92 Å². The summed E-state index contributed by atoms with van der Waals surface area (Å²) in [5.74, 6) is 1.63. The molecule has 1 aromatic heterocycles. The Bertz CT molecular complexity index is 452. The molecule has 1 aromatic rings. The number of rotatable bonds is 3. The zero-order valence-corrected chi connectivity index (χ0v) is 13.2. The van der Waals surface area contributed by atoms with Gasteiger partial charge in [-0.3, -0.25) is 0 Å². The molecule has 6 heteroatoms. The standard InChI is InChI=1S/C15H22ClN3O2/c1-11-17-13(16)10-14(18-11)19-7-5-12(6-8-19)21-15-4-2-3-9-20-15/h10,12,15H,2-9H2,1H3/t15-/m0/s1. The third-order valence-corrected chi connectivity index (χ3v) is 4.23. The fourth-order valence-corrected chi connectivity index (χ4v) is 3.15. The van der Waals surface area contributed by atoms with Gasteiger partial charge in [-0.1, -0.05) is 11.6 Å². The number of hydrogen-bond donors (Lipinski definition) is 0. The lowest BCUT2D eigenvalue weighted by Crippen LogP contribution is -2.40. The highest BCUT2D eigenvalue weighted by Crippen LogP contribution is 2.24. The molecule has 0 radical (unpaired) electrons. The van der Waals surface area contributed by atoms with Crippen molar-refractivity contribution in [2.75, 3.05) is 24.6 Å². The molecule has 0 aliphatic carbocycles. The predicted molar refractivity (Wildman–Crippen MR) is 81.7 cm³/mol. The molecule has 2 saturated heterocycles. The zero-order chi connectivity index (χ0) is 14.7. The van der Waals surface area contributed by atoms with Gasteiger partial charge in [0.1, 0.15) is 16.8 Å². The smallest absolute Gasteiger partial charge is 0.157 e. The Labute approximate surface area is 130 Å². The molecule has 0 aromatic carbocycles. The van der Waals surface area contributed by atoms with Crippen LogP contribution in [0.4, 0.5) is 5.82 Å². The summed E-state index contributed by atoms with van der Waals surface area (Å²) in [6.45, 7) is 4.57. The van der Waals surface area contributed by atoms with Gasteiger partial charge in [-0.25, -0.2) is 9.97 Å². The fourth-order valence-electron chi connectivity index (χ4n) is 2.93. The van der Waals surface area contributed by atoms with E-state index in [1.54, 1.807) is 0 Å². The summed E-state index contributed by atoms with van der Waals surface area (Å²) in [5.41, 5.74) is 0. The summed E-state index contributed by atoms with van der Waals surface area (Å²) in [6.07, 6.45) is 5.70.